The number of aryl methyl sites for hydroxylation is 1. The maximum absolute atomic E-state index is 13.2. The molecular weight excluding hydrogens is 394 g/mol. The minimum atomic E-state index is 0.0160. The predicted molar refractivity (Wildman–Crippen MR) is 115 cm³/mol. The van der Waals surface area contributed by atoms with Crippen molar-refractivity contribution in [2.75, 3.05) is 33.0 Å². The van der Waals surface area contributed by atoms with Crippen LogP contribution in [0, 0.1) is 11.3 Å². The SMILES string of the molecule is CC(C)(C)C1CCc2onc(C(=O)N3CCN(Cc4ccc5c(c4)OCO5)CC3)c2C1. The molecular formula is C24H31N3O4. The molecule has 1 atom stereocenters. The Balaban J connectivity index is 1.21. The fourth-order valence-corrected chi connectivity index (χ4v) is 4.87. The summed E-state index contributed by atoms with van der Waals surface area (Å²) in [5.41, 5.74) is 2.99. The van der Waals surface area contributed by atoms with Crippen LogP contribution in [0.25, 0.3) is 0 Å². The number of carbonyl (C=O) groups is 1. The van der Waals surface area contributed by atoms with Crippen molar-refractivity contribution in [3.05, 3.63) is 40.8 Å². The van der Waals surface area contributed by atoms with Crippen molar-refractivity contribution in [1.82, 2.24) is 15.0 Å². The molecule has 166 valence electrons. The Morgan fingerprint density at radius 1 is 1.13 bits per heavy atom. The third kappa shape index (κ3) is 4.03. The molecule has 0 saturated carbocycles. The molecule has 3 aliphatic rings. The van der Waals surface area contributed by atoms with E-state index in [1.54, 1.807) is 0 Å². The third-order valence-electron chi connectivity index (χ3n) is 6.97. The molecule has 31 heavy (non-hydrogen) atoms. The van der Waals surface area contributed by atoms with E-state index in [2.05, 4.69) is 36.9 Å². The quantitative estimate of drug-likeness (QED) is 0.750. The second-order valence-corrected chi connectivity index (χ2v) is 9.99. The first kappa shape index (κ1) is 20.4. The lowest BCUT2D eigenvalue weighted by molar-refractivity contribution is 0.0617. The van der Waals surface area contributed by atoms with Gasteiger partial charge in [0.05, 0.1) is 0 Å². The van der Waals surface area contributed by atoms with Crippen LogP contribution in [0.3, 0.4) is 0 Å². The Bertz CT molecular complexity index is 970. The Labute approximate surface area is 183 Å². The zero-order valence-electron chi connectivity index (χ0n) is 18.6. The number of hydrogen-bond donors (Lipinski definition) is 0. The number of amides is 1. The van der Waals surface area contributed by atoms with Gasteiger partial charge in [0, 0.05) is 44.7 Å². The van der Waals surface area contributed by atoms with E-state index >= 15 is 0 Å². The second-order valence-electron chi connectivity index (χ2n) is 9.99. The maximum Gasteiger partial charge on any atom is 0.276 e. The van der Waals surface area contributed by atoms with Gasteiger partial charge in [-0.3, -0.25) is 9.69 Å². The molecule has 1 fully saturated rings. The smallest absolute Gasteiger partial charge is 0.276 e. The lowest BCUT2D eigenvalue weighted by Crippen LogP contribution is -2.48. The first-order chi connectivity index (χ1) is 14.9. The Morgan fingerprint density at radius 2 is 1.90 bits per heavy atom. The van der Waals surface area contributed by atoms with Gasteiger partial charge in [-0.05, 0) is 41.9 Å². The fourth-order valence-electron chi connectivity index (χ4n) is 4.87. The van der Waals surface area contributed by atoms with E-state index < -0.39 is 0 Å². The molecule has 1 aromatic carbocycles. The van der Waals surface area contributed by atoms with Gasteiger partial charge in [0.1, 0.15) is 5.76 Å². The van der Waals surface area contributed by atoms with Gasteiger partial charge in [-0.25, -0.2) is 0 Å². The third-order valence-corrected chi connectivity index (χ3v) is 6.97. The first-order valence-electron chi connectivity index (χ1n) is 11.3. The van der Waals surface area contributed by atoms with E-state index in [1.807, 2.05) is 17.0 Å². The number of fused-ring (bicyclic) bond motifs is 2. The van der Waals surface area contributed by atoms with Gasteiger partial charge < -0.3 is 18.9 Å². The number of carbonyl (C=O) groups excluding carboxylic acids is 1. The van der Waals surface area contributed by atoms with Crippen LogP contribution in [0.5, 0.6) is 11.5 Å². The van der Waals surface area contributed by atoms with Crippen molar-refractivity contribution in [2.45, 2.75) is 46.6 Å². The molecule has 1 unspecified atom stereocenters. The Hall–Kier alpha value is -2.54. The summed E-state index contributed by atoms with van der Waals surface area (Å²) in [4.78, 5) is 17.5. The summed E-state index contributed by atoms with van der Waals surface area (Å²) >= 11 is 0. The van der Waals surface area contributed by atoms with Gasteiger partial charge in [0.15, 0.2) is 17.2 Å². The second kappa shape index (κ2) is 7.86. The molecule has 1 aliphatic carbocycles. The maximum atomic E-state index is 13.2. The predicted octanol–water partition coefficient (Wildman–Crippen LogP) is 3.51. The highest BCUT2D eigenvalue weighted by Gasteiger charge is 2.35. The van der Waals surface area contributed by atoms with Gasteiger partial charge in [-0.15, -0.1) is 0 Å². The van der Waals surface area contributed by atoms with Gasteiger partial charge >= 0.3 is 0 Å². The van der Waals surface area contributed by atoms with Crippen molar-refractivity contribution in [3.8, 4) is 11.5 Å². The van der Waals surface area contributed by atoms with Crippen LogP contribution in [0.1, 0.15) is 54.6 Å². The van der Waals surface area contributed by atoms with E-state index in [-0.39, 0.29) is 11.3 Å². The Kier molecular flexibility index (Phi) is 5.16. The standard InChI is InChI=1S/C24H31N3O4/c1-24(2,3)17-5-7-19-18(13-17)22(25-31-19)23(28)27-10-8-26(9-11-27)14-16-4-6-20-21(12-16)30-15-29-20/h4,6,12,17H,5,7-11,13-15H2,1-3H3. The summed E-state index contributed by atoms with van der Waals surface area (Å²) < 4.78 is 16.4. The van der Waals surface area contributed by atoms with E-state index in [4.69, 9.17) is 14.0 Å². The van der Waals surface area contributed by atoms with E-state index in [0.29, 0.717) is 31.5 Å². The zero-order valence-corrected chi connectivity index (χ0v) is 18.6. The zero-order chi connectivity index (χ0) is 21.6. The average molecular weight is 426 g/mol. The van der Waals surface area contributed by atoms with Gasteiger partial charge in [0.2, 0.25) is 6.79 Å². The lowest BCUT2D eigenvalue weighted by atomic mass is 9.71. The molecule has 0 bridgehead atoms. The molecule has 3 heterocycles. The molecule has 1 saturated heterocycles. The number of piperazine rings is 1. The summed E-state index contributed by atoms with van der Waals surface area (Å²) in [7, 11) is 0. The van der Waals surface area contributed by atoms with E-state index in [1.165, 1.54) is 5.56 Å². The largest absolute Gasteiger partial charge is 0.454 e. The number of nitrogens with zero attached hydrogens (tertiary/aromatic N) is 3. The summed E-state index contributed by atoms with van der Waals surface area (Å²) in [6.45, 7) is 11.0. The van der Waals surface area contributed by atoms with Crippen LogP contribution in [-0.4, -0.2) is 53.8 Å². The molecule has 0 spiro atoms. The topological polar surface area (TPSA) is 68.0 Å². The van der Waals surface area contributed by atoms with Crippen LogP contribution in [-0.2, 0) is 19.4 Å². The number of rotatable bonds is 3. The average Bonchev–Trinajstić information content (AvgIpc) is 3.39. The van der Waals surface area contributed by atoms with E-state index in [0.717, 1.165) is 61.7 Å². The van der Waals surface area contributed by atoms with Crippen molar-refractivity contribution < 1.29 is 18.8 Å². The Morgan fingerprint density at radius 3 is 2.68 bits per heavy atom. The highest BCUT2D eigenvalue weighted by molar-refractivity contribution is 5.94. The van der Waals surface area contributed by atoms with Gasteiger partial charge in [-0.2, -0.15) is 0 Å². The van der Waals surface area contributed by atoms with Crippen LogP contribution in [0.4, 0.5) is 0 Å². The van der Waals surface area contributed by atoms with E-state index in [9.17, 15) is 4.79 Å². The molecule has 5 rings (SSSR count). The molecule has 2 aliphatic heterocycles. The molecule has 2 aromatic rings. The van der Waals surface area contributed by atoms with Gasteiger partial charge in [-0.1, -0.05) is 32.0 Å². The molecule has 7 nitrogen and oxygen atoms in total. The lowest BCUT2D eigenvalue weighted by Gasteiger charge is -2.35. The molecule has 1 amide bonds. The summed E-state index contributed by atoms with van der Waals surface area (Å²) in [6.07, 6.45) is 2.85. The van der Waals surface area contributed by atoms with Crippen LogP contribution < -0.4 is 9.47 Å². The van der Waals surface area contributed by atoms with Crippen LogP contribution in [0.15, 0.2) is 22.7 Å². The minimum absolute atomic E-state index is 0.0160. The number of benzene rings is 1. The molecule has 0 N–H and O–H groups in total. The summed E-state index contributed by atoms with van der Waals surface area (Å²) in [6, 6.07) is 6.10. The normalized spacial score (nSPS) is 21.3. The number of ether oxygens (including phenoxy) is 2. The highest BCUT2D eigenvalue weighted by atomic mass is 16.7. The molecule has 1 aromatic heterocycles. The van der Waals surface area contributed by atoms with Crippen molar-refractivity contribution in [1.29, 1.82) is 0 Å². The monoisotopic (exact) mass is 425 g/mol. The highest BCUT2D eigenvalue weighted by Crippen LogP contribution is 2.38. The first-order valence-corrected chi connectivity index (χ1v) is 11.3. The molecule has 7 heteroatoms. The number of hydrogen-bond acceptors (Lipinski definition) is 6. The summed E-state index contributed by atoms with van der Waals surface area (Å²) in [5, 5.41) is 4.20. The van der Waals surface area contributed by atoms with Crippen molar-refractivity contribution >= 4 is 5.91 Å². The number of aromatic nitrogens is 1. The van der Waals surface area contributed by atoms with Gasteiger partial charge in [0.25, 0.3) is 5.91 Å². The van der Waals surface area contributed by atoms with Crippen molar-refractivity contribution in [3.63, 3.8) is 0 Å². The minimum Gasteiger partial charge on any atom is -0.454 e. The van der Waals surface area contributed by atoms with Crippen LogP contribution >= 0.6 is 0 Å². The summed E-state index contributed by atoms with van der Waals surface area (Å²) in [5.74, 6) is 3.09. The van der Waals surface area contributed by atoms with Crippen molar-refractivity contribution in [2.24, 2.45) is 11.3 Å². The van der Waals surface area contributed by atoms with Crippen LogP contribution in [0.2, 0.25) is 0 Å². The fraction of sp³-hybridized carbons (Fsp3) is 0.583. The molecule has 0 radical (unpaired) electrons.